The van der Waals surface area contributed by atoms with Crippen LogP contribution in [0.15, 0.2) is 36.5 Å². The Morgan fingerprint density at radius 1 is 1.26 bits per heavy atom. The van der Waals surface area contributed by atoms with E-state index in [0.717, 1.165) is 30.9 Å². The minimum Gasteiger partial charge on any atom is -0.330 e. The Kier molecular flexibility index (Phi) is 3.87. The molecule has 2 aromatic heterocycles. The molecule has 5 heteroatoms. The first-order valence-corrected chi connectivity index (χ1v) is 8.40. The van der Waals surface area contributed by atoms with Gasteiger partial charge in [0.05, 0.1) is 17.6 Å². The fraction of sp³-hybridized carbons (Fsp3) is 0.444. The van der Waals surface area contributed by atoms with E-state index in [1.165, 1.54) is 30.6 Å². The van der Waals surface area contributed by atoms with Crippen LogP contribution in [-0.2, 0) is 20.0 Å². The van der Waals surface area contributed by atoms with Gasteiger partial charge in [-0.2, -0.15) is 5.10 Å². The number of rotatable bonds is 4. The summed E-state index contributed by atoms with van der Waals surface area (Å²) in [6, 6.07) is 10.5. The number of hydrogen-bond acceptors (Lipinski definition) is 3. The van der Waals surface area contributed by atoms with Gasteiger partial charge < -0.3 is 4.57 Å². The molecule has 1 N–H and O–H groups in total. The van der Waals surface area contributed by atoms with Gasteiger partial charge in [-0.3, -0.25) is 10.00 Å². The topological polar surface area (TPSA) is 49.7 Å². The molecule has 0 amide bonds. The predicted molar refractivity (Wildman–Crippen MR) is 91.0 cm³/mol. The van der Waals surface area contributed by atoms with Gasteiger partial charge in [0.25, 0.3) is 0 Å². The van der Waals surface area contributed by atoms with E-state index in [1.807, 2.05) is 6.20 Å². The average Bonchev–Trinajstić information content (AvgIpc) is 3.17. The number of benzene rings is 1. The summed E-state index contributed by atoms with van der Waals surface area (Å²) in [7, 11) is 2.12. The quantitative estimate of drug-likeness (QED) is 0.806. The summed E-state index contributed by atoms with van der Waals surface area (Å²) in [6.07, 6.45) is 5.51. The molecule has 3 aromatic rings. The monoisotopic (exact) mass is 309 g/mol. The number of likely N-dealkylation sites (tertiary alicyclic amines) is 1. The minimum absolute atomic E-state index is 0.707. The standard InChI is InChI=1S/C18H23N5/c1-22-17-7-3-2-6-16(17)20-18(22)13-23-10-4-5-14(12-23)11-15-8-9-19-21-15/h2-3,6-9,14H,4-5,10-13H2,1H3,(H,19,21)/t14-/m1/s1. The van der Waals surface area contributed by atoms with Crippen LogP contribution in [-0.4, -0.2) is 37.7 Å². The smallest absolute Gasteiger partial charge is 0.123 e. The number of hydrogen-bond donors (Lipinski definition) is 1. The molecule has 1 atom stereocenters. The number of imidazole rings is 1. The maximum Gasteiger partial charge on any atom is 0.123 e. The molecule has 1 aromatic carbocycles. The molecule has 0 bridgehead atoms. The van der Waals surface area contributed by atoms with Crippen LogP contribution >= 0.6 is 0 Å². The number of aromatic amines is 1. The highest BCUT2D eigenvalue weighted by Gasteiger charge is 2.22. The zero-order valence-electron chi connectivity index (χ0n) is 13.6. The van der Waals surface area contributed by atoms with Crippen LogP contribution in [0.4, 0.5) is 0 Å². The lowest BCUT2D eigenvalue weighted by atomic mass is 9.93. The molecule has 1 aliphatic rings. The Bertz CT molecular complexity index is 774. The van der Waals surface area contributed by atoms with Crippen molar-refractivity contribution in [2.24, 2.45) is 13.0 Å². The Morgan fingerprint density at radius 2 is 2.17 bits per heavy atom. The van der Waals surface area contributed by atoms with Crippen LogP contribution in [0.5, 0.6) is 0 Å². The summed E-state index contributed by atoms with van der Waals surface area (Å²) in [6.45, 7) is 3.25. The third-order valence-electron chi connectivity index (χ3n) is 4.91. The maximum atomic E-state index is 4.81. The summed E-state index contributed by atoms with van der Waals surface area (Å²) in [5, 5.41) is 7.15. The highest BCUT2D eigenvalue weighted by Crippen LogP contribution is 2.22. The maximum absolute atomic E-state index is 4.81. The molecule has 0 radical (unpaired) electrons. The van der Waals surface area contributed by atoms with Crippen molar-refractivity contribution in [2.75, 3.05) is 13.1 Å². The van der Waals surface area contributed by atoms with Crippen LogP contribution in [0.2, 0.25) is 0 Å². The Labute approximate surface area is 136 Å². The van der Waals surface area contributed by atoms with Crippen LogP contribution in [0.1, 0.15) is 24.4 Å². The highest BCUT2D eigenvalue weighted by molar-refractivity contribution is 5.75. The molecular weight excluding hydrogens is 286 g/mol. The molecular formula is C18H23N5. The third kappa shape index (κ3) is 3.01. The zero-order valence-corrected chi connectivity index (χ0v) is 13.6. The lowest BCUT2D eigenvalue weighted by molar-refractivity contribution is 0.162. The average molecular weight is 309 g/mol. The first kappa shape index (κ1) is 14.5. The molecule has 3 heterocycles. The van der Waals surface area contributed by atoms with Crippen molar-refractivity contribution in [1.82, 2.24) is 24.6 Å². The van der Waals surface area contributed by atoms with Crippen molar-refractivity contribution >= 4 is 11.0 Å². The summed E-state index contributed by atoms with van der Waals surface area (Å²) in [5.41, 5.74) is 3.56. The molecule has 1 saturated heterocycles. The fourth-order valence-electron chi connectivity index (χ4n) is 3.71. The summed E-state index contributed by atoms with van der Waals surface area (Å²) < 4.78 is 2.23. The van der Waals surface area contributed by atoms with Crippen LogP contribution in [0.25, 0.3) is 11.0 Å². The number of para-hydroxylation sites is 2. The minimum atomic E-state index is 0.707. The summed E-state index contributed by atoms with van der Waals surface area (Å²) >= 11 is 0. The number of nitrogens with zero attached hydrogens (tertiary/aromatic N) is 4. The molecule has 1 fully saturated rings. The van der Waals surface area contributed by atoms with Gasteiger partial charge in [-0.25, -0.2) is 4.98 Å². The van der Waals surface area contributed by atoms with E-state index in [0.29, 0.717) is 5.92 Å². The Hall–Kier alpha value is -2.14. The second-order valence-corrected chi connectivity index (χ2v) is 6.61. The van der Waals surface area contributed by atoms with Crippen LogP contribution < -0.4 is 0 Å². The number of aromatic nitrogens is 4. The van der Waals surface area contributed by atoms with E-state index < -0.39 is 0 Å². The van der Waals surface area contributed by atoms with Gasteiger partial charge in [0.2, 0.25) is 0 Å². The van der Waals surface area contributed by atoms with Gasteiger partial charge >= 0.3 is 0 Å². The van der Waals surface area contributed by atoms with Crippen molar-refractivity contribution in [2.45, 2.75) is 25.8 Å². The van der Waals surface area contributed by atoms with E-state index in [1.54, 1.807) is 0 Å². The number of H-pyrrole nitrogens is 1. The lowest BCUT2D eigenvalue weighted by Crippen LogP contribution is -2.36. The summed E-state index contributed by atoms with van der Waals surface area (Å²) in [4.78, 5) is 7.36. The fourth-order valence-corrected chi connectivity index (χ4v) is 3.71. The predicted octanol–water partition coefficient (Wildman–Crippen LogP) is 2.75. The van der Waals surface area contributed by atoms with Gasteiger partial charge in [-0.15, -0.1) is 0 Å². The second kappa shape index (κ2) is 6.16. The molecule has 5 nitrogen and oxygen atoms in total. The number of nitrogens with one attached hydrogen (secondary N) is 1. The normalized spacial score (nSPS) is 19.4. The van der Waals surface area contributed by atoms with E-state index in [9.17, 15) is 0 Å². The Morgan fingerprint density at radius 3 is 3.00 bits per heavy atom. The van der Waals surface area contributed by atoms with E-state index in [-0.39, 0.29) is 0 Å². The van der Waals surface area contributed by atoms with E-state index in [4.69, 9.17) is 4.98 Å². The number of fused-ring (bicyclic) bond motifs is 1. The van der Waals surface area contributed by atoms with E-state index in [2.05, 4.69) is 57.0 Å². The van der Waals surface area contributed by atoms with Crippen LogP contribution in [0.3, 0.4) is 0 Å². The van der Waals surface area contributed by atoms with Crippen molar-refractivity contribution in [1.29, 1.82) is 0 Å². The van der Waals surface area contributed by atoms with E-state index >= 15 is 0 Å². The Balaban J connectivity index is 1.46. The molecule has 120 valence electrons. The van der Waals surface area contributed by atoms with Gasteiger partial charge in [0.1, 0.15) is 5.82 Å². The van der Waals surface area contributed by atoms with Gasteiger partial charge in [-0.1, -0.05) is 12.1 Å². The lowest BCUT2D eigenvalue weighted by Gasteiger charge is -2.32. The van der Waals surface area contributed by atoms with Crippen molar-refractivity contribution in [3.63, 3.8) is 0 Å². The third-order valence-corrected chi connectivity index (χ3v) is 4.91. The van der Waals surface area contributed by atoms with Crippen molar-refractivity contribution in [3.8, 4) is 0 Å². The van der Waals surface area contributed by atoms with Crippen LogP contribution in [0, 0.1) is 5.92 Å². The molecule has 1 aliphatic heterocycles. The first-order valence-electron chi connectivity index (χ1n) is 8.40. The molecule has 23 heavy (non-hydrogen) atoms. The number of piperidine rings is 1. The van der Waals surface area contributed by atoms with Gasteiger partial charge in [0.15, 0.2) is 0 Å². The molecule has 0 unspecified atom stereocenters. The molecule has 0 spiro atoms. The second-order valence-electron chi connectivity index (χ2n) is 6.61. The number of aryl methyl sites for hydroxylation is 1. The highest BCUT2D eigenvalue weighted by atomic mass is 15.2. The SMILES string of the molecule is Cn1c(CN2CCC[C@H](Cc3ccn[nH]3)C2)nc2ccccc21. The van der Waals surface area contributed by atoms with Crippen molar-refractivity contribution < 1.29 is 0 Å². The summed E-state index contributed by atoms with van der Waals surface area (Å²) in [5.74, 6) is 1.87. The molecule has 0 aliphatic carbocycles. The largest absolute Gasteiger partial charge is 0.330 e. The first-order chi connectivity index (χ1) is 11.3. The van der Waals surface area contributed by atoms with Gasteiger partial charge in [0, 0.05) is 25.5 Å². The zero-order chi connectivity index (χ0) is 15.6. The molecule has 0 saturated carbocycles. The van der Waals surface area contributed by atoms with Gasteiger partial charge in [-0.05, 0) is 49.9 Å². The van der Waals surface area contributed by atoms with Crippen molar-refractivity contribution in [3.05, 3.63) is 48.0 Å². The molecule has 4 rings (SSSR count).